The molecule has 0 aliphatic carbocycles. The molecule has 174 valence electrons. The number of nitrogens with zero attached hydrogens (tertiary/aromatic N) is 6. The molecule has 0 saturated carbocycles. The van der Waals surface area contributed by atoms with E-state index in [9.17, 15) is 15.0 Å². The molecule has 0 radical (unpaired) electrons. The molecule has 34 heavy (non-hydrogen) atoms. The van der Waals surface area contributed by atoms with Gasteiger partial charge < -0.3 is 19.8 Å². The second kappa shape index (κ2) is 7.89. The number of amides is 1. The summed E-state index contributed by atoms with van der Waals surface area (Å²) in [5, 5.41) is 30.8. The monoisotopic (exact) mass is 462 g/mol. The van der Waals surface area contributed by atoms with Crippen LogP contribution in [0.3, 0.4) is 0 Å². The van der Waals surface area contributed by atoms with E-state index < -0.39 is 5.60 Å². The Balaban J connectivity index is 1.21. The third-order valence-corrected chi connectivity index (χ3v) is 6.62. The molecule has 5 heterocycles. The van der Waals surface area contributed by atoms with E-state index in [0.717, 1.165) is 22.4 Å². The van der Waals surface area contributed by atoms with Gasteiger partial charge in [-0.25, -0.2) is 9.48 Å². The zero-order valence-corrected chi connectivity index (χ0v) is 18.1. The smallest absolute Gasteiger partial charge is 0.415 e. The lowest BCUT2D eigenvalue weighted by atomic mass is 9.97. The summed E-state index contributed by atoms with van der Waals surface area (Å²) in [6.07, 6.45) is 5.46. The Morgan fingerprint density at radius 2 is 2.00 bits per heavy atom. The number of benzene rings is 1. The maximum Gasteiger partial charge on any atom is 0.415 e. The molecule has 2 aromatic heterocycles. The fraction of sp³-hybridized carbons (Fsp3) is 0.348. The Morgan fingerprint density at radius 1 is 1.15 bits per heavy atom. The highest BCUT2D eigenvalue weighted by Crippen LogP contribution is 2.41. The van der Waals surface area contributed by atoms with Crippen LogP contribution in [0.15, 0.2) is 54.1 Å². The van der Waals surface area contributed by atoms with E-state index in [0.29, 0.717) is 24.4 Å². The number of cyclic esters (lactones) is 1. The Labute approximate surface area is 194 Å². The fourth-order valence-electron chi connectivity index (χ4n) is 4.74. The summed E-state index contributed by atoms with van der Waals surface area (Å²) in [7, 11) is 0. The van der Waals surface area contributed by atoms with Crippen molar-refractivity contribution >= 4 is 17.5 Å². The van der Waals surface area contributed by atoms with Gasteiger partial charge in [0, 0.05) is 24.4 Å². The number of hydrogen-bond donors (Lipinski definition) is 2. The highest BCUT2D eigenvalue weighted by Gasteiger charge is 2.47. The lowest BCUT2D eigenvalue weighted by Crippen LogP contribution is -2.37. The maximum atomic E-state index is 12.6. The average Bonchev–Trinajstić information content (AvgIpc) is 3.65. The average molecular weight is 462 g/mol. The molecule has 1 aromatic carbocycles. The topological polar surface area (TPSA) is 135 Å². The van der Waals surface area contributed by atoms with Crippen LogP contribution in [0.2, 0.25) is 0 Å². The second-order valence-corrected chi connectivity index (χ2v) is 8.77. The van der Waals surface area contributed by atoms with Gasteiger partial charge in [-0.3, -0.25) is 9.88 Å². The molecule has 2 N–H and O–H groups in total. The molecule has 1 unspecified atom stereocenters. The van der Waals surface area contributed by atoms with E-state index in [2.05, 4.69) is 26.5 Å². The molecule has 1 amide bonds. The Kier molecular flexibility index (Phi) is 4.82. The molecular formula is C23H22N6O5. The molecule has 11 heteroatoms. The summed E-state index contributed by atoms with van der Waals surface area (Å²) in [6, 6.07) is 9.71. The highest BCUT2D eigenvalue weighted by atomic mass is 16.7. The van der Waals surface area contributed by atoms with Gasteiger partial charge in [0.25, 0.3) is 0 Å². The van der Waals surface area contributed by atoms with E-state index in [1.807, 2.05) is 24.3 Å². The van der Waals surface area contributed by atoms with Crippen molar-refractivity contribution in [2.75, 3.05) is 18.1 Å². The first-order valence-electron chi connectivity index (χ1n) is 11.0. The van der Waals surface area contributed by atoms with Crippen LogP contribution in [0.25, 0.3) is 11.1 Å². The number of carbonyl (C=O) groups excluding carboxylic acids is 1. The van der Waals surface area contributed by atoms with Gasteiger partial charge in [-0.05, 0) is 35.7 Å². The minimum Gasteiger partial charge on any atom is -0.442 e. The maximum absolute atomic E-state index is 12.6. The van der Waals surface area contributed by atoms with Gasteiger partial charge >= 0.3 is 6.09 Å². The van der Waals surface area contributed by atoms with Crippen LogP contribution in [-0.2, 0) is 22.5 Å². The SMILES string of the molecule is O=C1O[C@@H](Cn2ccnn2)C2Cc3cc(-c4ccc(C5=NOC(CO)(CO)C5)nc4)ccc3N12. The molecule has 2 atom stereocenters. The third-order valence-electron chi connectivity index (χ3n) is 6.62. The third kappa shape index (κ3) is 3.32. The van der Waals surface area contributed by atoms with E-state index in [-0.39, 0.29) is 37.9 Å². The second-order valence-electron chi connectivity index (χ2n) is 8.77. The Bertz CT molecular complexity index is 1260. The van der Waals surface area contributed by atoms with E-state index >= 15 is 0 Å². The van der Waals surface area contributed by atoms with Crippen LogP contribution in [0.4, 0.5) is 10.5 Å². The van der Waals surface area contributed by atoms with Crippen LogP contribution in [-0.4, -0.2) is 73.0 Å². The molecule has 1 saturated heterocycles. The van der Waals surface area contributed by atoms with Gasteiger partial charge in [0.2, 0.25) is 0 Å². The van der Waals surface area contributed by atoms with Crippen LogP contribution in [0, 0.1) is 0 Å². The van der Waals surface area contributed by atoms with Gasteiger partial charge in [-0.1, -0.05) is 22.5 Å². The molecule has 11 nitrogen and oxygen atoms in total. The molecular weight excluding hydrogens is 440 g/mol. The minimum absolute atomic E-state index is 0.0823. The normalized spacial score (nSPS) is 22.2. The predicted octanol–water partition coefficient (Wildman–Crippen LogP) is 1.14. The Hall–Kier alpha value is -3.83. The number of ether oxygens (including phenoxy) is 1. The molecule has 0 bridgehead atoms. The summed E-state index contributed by atoms with van der Waals surface area (Å²) in [6.45, 7) is -0.190. The van der Waals surface area contributed by atoms with Crippen LogP contribution in [0.1, 0.15) is 17.7 Å². The number of anilines is 1. The predicted molar refractivity (Wildman–Crippen MR) is 119 cm³/mol. The quantitative estimate of drug-likeness (QED) is 0.557. The van der Waals surface area contributed by atoms with Crippen molar-refractivity contribution in [2.24, 2.45) is 5.16 Å². The first-order valence-corrected chi connectivity index (χ1v) is 11.0. The number of rotatable bonds is 6. The lowest BCUT2D eigenvalue weighted by Gasteiger charge is -2.20. The number of oxime groups is 1. The van der Waals surface area contributed by atoms with E-state index in [1.165, 1.54) is 0 Å². The van der Waals surface area contributed by atoms with Crippen molar-refractivity contribution in [3.05, 3.63) is 60.2 Å². The van der Waals surface area contributed by atoms with Crippen LogP contribution in [0.5, 0.6) is 0 Å². The Morgan fingerprint density at radius 3 is 2.71 bits per heavy atom. The summed E-state index contributed by atoms with van der Waals surface area (Å²) in [5.41, 5.74) is 3.99. The molecule has 3 aliphatic rings. The van der Waals surface area contributed by atoms with Crippen molar-refractivity contribution in [1.82, 2.24) is 20.0 Å². The summed E-state index contributed by atoms with van der Waals surface area (Å²) >= 11 is 0. The van der Waals surface area contributed by atoms with Crippen molar-refractivity contribution in [3.8, 4) is 11.1 Å². The van der Waals surface area contributed by atoms with E-state index in [4.69, 9.17) is 9.57 Å². The highest BCUT2D eigenvalue weighted by molar-refractivity contribution is 6.00. The summed E-state index contributed by atoms with van der Waals surface area (Å²) in [5.74, 6) is 0. The number of carbonyl (C=O) groups is 1. The summed E-state index contributed by atoms with van der Waals surface area (Å²) in [4.78, 5) is 24.1. The minimum atomic E-state index is -1.09. The molecule has 6 rings (SSSR count). The van der Waals surface area contributed by atoms with Crippen molar-refractivity contribution < 1.29 is 24.6 Å². The lowest BCUT2D eigenvalue weighted by molar-refractivity contribution is -0.0878. The van der Waals surface area contributed by atoms with Crippen molar-refractivity contribution in [2.45, 2.75) is 37.1 Å². The molecule has 3 aliphatic heterocycles. The number of hydrogen-bond acceptors (Lipinski definition) is 9. The number of pyridine rings is 1. The number of aliphatic hydroxyl groups excluding tert-OH is 2. The fourth-order valence-corrected chi connectivity index (χ4v) is 4.74. The largest absolute Gasteiger partial charge is 0.442 e. The van der Waals surface area contributed by atoms with Gasteiger partial charge in [0.05, 0.1) is 43.4 Å². The van der Waals surface area contributed by atoms with Crippen molar-refractivity contribution in [1.29, 1.82) is 0 Å². The first kappa shape index (κ1) is 20.8. The van der Waals surface area contributed by atoms with Crippen molar-refractivity contribution in [3.63, 3.8) is 0 Å². The zero-order valence-electron chi connectivity index (χ0n) is 18.1. The number of aliphatic hydroxyl groups is 2. The molecule has 1 fully saturated rings. The summed E-state index contributed by atoms with van der Waals surface area (Å²) < 4.78 is 7.28. The number of aromatic nitrogens is 4. The van der Waals surface area contributed by atoms with Gasteiger partial charge in [0.1, 0.15) is 11.8 Å². The number of fused-ring (bicyclic) bond motifs is 3. The van der Waals surface area contributed by atoms with Crippen LogP contribution < -0.4 is 4.90 Å². The first-order chi connectivity index (χ1) is 16.6. The van der Waals surface area contributed by atoms with Gasteiger partial charge in [-0.15, -0.1) is 5.10 Å². The van der Waals surface area contributed by atoms with Gasteiger partial charge in [-0.2, -0.15) is 0 Å². The molecule has 0 spiro atoms. The van der Waals surface area contributed by atoms with E-state index in [1.54, 1.807) is 28.2 Å². The molecule has 3 aromatic rings. The van der Waals surface area contributed by atoms with Crippen LogP contribution >= 0.6 is 0 Å². The van der Waals surface area contributed by atoms with Gasteiger partial charge in [0.15, 0.2) is 5.60 Å². The zero-order chi connectivity index (χ0) is 23.3. The standard InChI is InChI=1S/C23H22N6O5/c30-12-23(13-31)9-18(26-34-23)17-3-1-15(10-24-17)14-2-4-19-16(7-14)8-20-21(33-22(32)29(19)20)11-28-6-5-25-27-28/h1-7,10,20-21,30-31H,8-9,11-13H2/t20?,21-/m0/s1.